The molecule has 0 unspecified atom stereocenters. The highest BCUT2D eigenvalue weighted by Gasteiger charge is 2.58. The van der Waals surface area contributed by atoms with Gasteiger partial charge >= 0.3 is 5.92 Å². The Balaban J connectivity index is 2.08. The second-order valence-corrected chi connectivity index (χ2v) is 5.23. The molecule has 0 spiro atoms. The van der Waals surface area contributed by atoms with Crippen LogP contribution in [0.1, 0.15) is 18.4 Å². The number of aryl methyl sites for hydroxylation is 1. The van der Waals surface area contributed by atoms with Gasteiger partial charge in [-0.3, -0.25) is 4.79 Å². The molecule has 2 heterocycles. The zero-order chi connectivity index (χ0) is 15.7. The molecule has 1 aliphatic rings. The van der Waals surface area contributed by atoms with Gasteiger partial charge < -0.3 is 15.3 Å². The molecule has 0 bridgehead atoms. The molecular weight excluding hydrogens is 282 g/mol. The molecule has 1 amide bonds. The summed E-state index contributed by atoms with van der Waals surface area (Å²) < 4.78 is 27.9. The molecule has 1 fully saturated rings. The molecule has 0 radical (unpaired) electrons. The van der Waals surface area contributed by atoms with Crippen molar-refractivity contribution < 1.29 is 18.7 Å². The Morgan fingerprint density at radius 2 is 1.90 bits per heavy atom. The lowest BCUT2D eigenvalue weighted by molar-refractivity contribution is -0.197. The minimum atomic E-state index is -3.82. The summed E-state index contributed by atoms with van der Waals surface area (Å²) >= 11 is 0. The van der Waals surface area contributed by atoms with E-state index in [1.54, 1.807) is 17.3 Å². The maximum atomic E-state index is 14.0. The lowest BCUT2D eigenvalue weighted by atomic mass is 9.84. The number of piperidine rings is 1. The van der Waals surface area contributed by atoms with E-state index in [2.05, 4.69) is 9.97 Å². The first-order chi connectivity index (χ1) is 9.80. The van der Waals surface area contributed by atoms with Crippen molar-refractivity contribution in [2.24, 2.45) is 0 Å². The van der Waals surface area contributed by atoms with Gasteiger partial charge in [0.25, 0.3) is 5.91 Å². The fraction of sp³-hybridized carbons (Fsp3) is 0.615. The summed E-state index contributed by atoms with van der Waals surface area (Å²) in [6, 6.07) is 0. The van der Waals surface area contributed by atoms with E-state index in [0.29, 0.717) is 5.95 Å². The number of alkyl halides is 2. The van der Waals surface area contributed by atoms with Gasteiger partial charge in [-0.15, -0.1) is 0 Å². The van der Waals surface area contributed by atoms with Crippen LogP contribution >= 0.6 is 0 Å². The van der Waals surface area contributed by atoms with Crippen LogP contribution in [0.5, 0.6) is 0 Å². The molecule has 21 heavy (non-hydrogen) atoms. The molecule has 0 aliphatic carbocycles. The van der Waals surface area contributed by atoms with Crippen molar-refractivity contribution in [1.82, 2.24) is 15.3 Å². The standard InChI is InChI=1S/C13H18F2N4O2/c1-9-7-17-11(18-8-9)19-5-3-12(21,4-6-19)13(14,15)10(20)16-2/h7-8,21H,3-6H2,1-2H3,(H,16,20). The monoisotopic (exact) mass is 300 g/mol. The smallest absolute Gasteiger partial charge is 0.352 e. The van der Waals surface area contributed by atoms with Crippen LogP contribution in [0.15, 0.2) is 12.4 Å². The van der Waals surface area contributed by atoms with Crippen molar-refractivity contribution in [2.75, 3.05) is 25.0 Å². The van der Waals surface area contributed by atoms with Gasteiger partial charge in [0.2, 0.25) is 5.95 Å². The number of anilines is 1. The molecule has 116 valence electrons. The van der Waals surface area contributed by atoms with Crippen LogP contribution in [0, 0.1) is 6.92 Å². The third kappa shape index (κ3) is 2.80. The summed E-state index contributed by atoms with van der Waals surface area (Å²) in [6.07, 6.45) is 2.82. The molecule has 8 heteroatoms. The van der Waals surface area contributed by atoms with Crippen LogP contribution < -0.4 is 10.2 Å². The molecule has 0 aromatic carbocycles. The summed E-state index contributed by atoms with van der Waals surface area (Å²) in [7, 11) is 1.12. The quantitative estimate of drug-likeness (QED) is 0.850. The van der Waals surface area contributed by atoms with Gasteiger partial charge in [-0.05, 0) is 12.5 Å². The first-order valence-electron chi connectivity index (χ1n) is 6.66. The van der Waals surface area contributed by atoms with Crippen LogP contribution in [-0.4, -0.2) is 52.6 Å². The molecule has 0 atom stereocenters. The summed E-state index contributed by atoms with van der Waals surface area (Å²) in [6.45, 7) is 2.17. The predicted octanol–water partition coefficient (Wildman–Crippen LogP) is 0.498. The number of amides is 1. The van der Waals surface area contributed by atoms with Crippen LogP contribution in [0.4, 0.5) is 14.7 Å². The lowest BCUT2D eigenvalue weighted by Crippen LogP contribution is -2.61. The Morgan fingerprint density at radius 1 is 1.38 bits per heavy atom. The average Bonchev–Trinajstić information content (AvgIpc) is 2.48. The minimum Gasteiger partial charge on any atom is -0.383 e. The number of nitrogens with one attached hydrogen (secondary N) is 1. The topological polar surface area (TPSA) is 78.4 Å². The van der Waals surface area contributed by atoms with Crippen LogP contribution in [0.25, 0.3) is 0 Å². The van der Waals surface area contributed by atoms with Gasteiger partial charge in [-0.1, -0.05) is 0 Å². The van der Waals surface area contributed by atoms with Crippen LogP contribution in [0.3, 0.4) is 0 Å². The van der Waals surface area contributed by atoms with Crippen molar-refractivity contribution in [3.8, 4) is 0 Å². The number of hydrogen-bond acceptors (Lipinski definition) is 5. The summed E-state index contributed by atoms with van der Waals surface area (Å²) in [5.41, 5.74) is -1.44. The highest BCUT2D eigenvalue weighted by molar-refractivity contribution is 5.84. The Labute approximate surface area is 121 Å². The fourth-order valence-corrected chi connectivity index (χ4v) is 2.31. The maximum absolute atomic E-state index is 14.0. The fourth-order valence-electron chi connectivity index (χ4n) is 2.31. The molecule has 0 saturated carbocycles. The number of carbonyl (C=O) groups excluding carboxylic acids is 1. The van der Waals surface area contributed by atoms with Crippen molar-refractivity contribution in [2.45, 2.75) is 31.3 Å². The Kier molecular flexibility index (Phi) is 4.08. The molecule has 1 aromatic rings. The first kappa shape index (κ1) is 15.6. The van der Waals surface area contributed by atoms with Gasteiger partial charge in [0.15, 0.2) is 0 Å². The van der Waals surface area contributed by atoms with Crippen molar-refractivity contribution in [1.29, 1.82) is 0 Å². The second kappa shape index (κ2) is 5.51. The molecule has 1 aromatic heterocycles. The van der Waals surface area contributed by atoms with E-state index in [9.17, 15) is 18.7 Å². The lowest BCUT2D eigenvalue weighted by Gasteiger charge is -2.41. The Hall–Kier alpha value is -1.83. The largest absolute Gasteiger partial charge is 0.383 e. The number of nitrogens with zero attached hydrogens (tertiary/aromatic N) is 3. The van der Waals surface area contributed by atoms with Crippen molar-refractivity contribution in [3.63, 3.8) is 0 Å². The molecule has 2 N–H and O–H groups in total. The van der Waals surface area contributed by atoms with Crippen molar-refractivity contribution >= 4 is 11.9 Å². The normalized spacial score (nSPS) is 18.4. The molecule has 2 rings (SSSR count). The number of hydrogen-bond donors (Lipinski definition) is 2. The van der Waals surface area contributed by atoms with Crippen LogP contribution in [-0.2, 0) is 4.79 Å². The van der Waals surface area contributed by atoms with Gasteiger partial charge in [0, 0.05) is 45.4 Å². The molecule has 1 aliphatic heterocycles. The first-order valence-corrected chi connectivity index (χ1v) is 6.66. The Bertz CT molecular complexity index is 513. The van der Waals surface area contributed by atoms with E-state index >= 15 is 0 Å². The predicted molar refractivity (Wildman–Crippen MR) is 72.2 cm³/mol. The Morgan fingerprint density at radius 3 is 2.38 bits per heavy atom. The van der Waals surface area contributed by atoms with Crippen molar-refractivity contribution in [3.05, 3.63) is 18.0 Å². The summed E-state index contributed by atoms with van der Waals surface area (Å²) in [5.74, 6) is -4.85. The second-order valence-electron chi connectivity index (χ2n) is 5.23. The molecule has 1 saturated heterocycles. The number of rotatable bonds is 3. The SMILES string of the molecule is CNC(=O)C(F)(F)C1(O)CCN(c2ncc(C)cn2)CC1. The highest BCUT2D eigenvalue weighted by atomic mass is 19.3. The summed E-state index contributed by atoms with van der Waals surface area (Å²) in [5, 5.41) is 12.0. The van der Waals surface area contributed by atoms with Crippen LogP contribution in [0.2, 0.25) is 0 Å². The van der Waals surface area contributed by atoms with E-state index in [0.717, 1.165) is 12.6 Å². The van der Waals surface area contributed by atoms with Gasteiger partial charge in [0.1, 0.15) is 5.60 Å². The maximum Gasteiger partial charge on any atom is 0.352 e. The number of aliphatic hydroxyl groups is 1. The van der Waals surface area contributed by atoms with Gasteiger partial charge in [0.05, 0.1) is 0 Å². The number of aromatic nitrogens is 2. The number of halogens is 2. The highest BCUT2D eigenvalue weighted by Crippen LogP contribution is 2.38. The van der Waals surface area contributed by atoms with E-state index in [4.69, 9.17) is 0 Å². The third-order valence-electron chi connectivity index (χ3n) is 3.74. The van der Waals surface area contributed by atoms with E-state index in [1.807, 2.05) is 12.2 Å². The zero-order valence-electron chi connectivity index (χ0n) is 11.9. The van der Waals surface area contributed by atoms with E-state index < -0.39 is 17.4 Å². The summed E-state index contributed by atoms with van der Waals surface area (Å²) in [4.78, 5) is 21.2. The van der Waals surface area contributed by atoms with Gasteiger partial charge in [-0.2, -0.15) is 8.78 Å². The molecular formula is C13H18F2N4O2. The average molecular weight is 300 g/mol. The number of carbonyl (C=O) groups is 1. The van der Waals surface area contributed by atoms with E-state index in [1.165, 1.54) is 0 Å². The van der Waals surface area contributed by atoms with E-state index in [-0.39, 0.29) is 25.9 Å². The zero-order valence-corrected chi connectivity index (χ0v) is 11.9. The third-order valence-corrected chi connectivity index (χ3v) is 3.74. The minimum absolute atomic E-state index is 0.159. The molecule has 6 nitrogen and oxygen atoms in total. The van der Waals surface area contributed by atoms with Gasteiger partial charge in [-0.25, -0.2) is 9.97 Å².